The van der Waals surface area contributed by atoms with Gasteiger partial charge in [0.2, 0.25) is 6.79 Å². The first kappa shape index (κ1) is 22.8. The number of hydrogen-bond acceptors (Lipinski definition) is 7. The second-order valence-electron chi connectivity index (χ2n) is 6.86. The fourth-order valence-electron chi connectivity index (χ4n) is 2.78. The highest BCUT2D eigenvalue weighted by molar-refractivity contribution is 8.06. The number of benzene rings is 1. The molecule has 0 unspecified atom stereocenters. The lowest BCUT2D eigenvalue weighted by Crippen LogP contribution is -2.19. The average molecular weight is 477 g/mol. The van der Waals surface area contributed by atoms with E-state index in [1.807, 2.05) is 0 Å². The standard InChI is InChI=1S/C20H18Cl2N6O2S/c1-27(2)19(21)25-17-12(8-23)16(11-5-6-14-15(7-11)30-10-29-14)13(9-24)18(31-17)26-20(22)28(3)4/h5-7,16H,10H2,1-4H3. The summed E-state index contributed by atoms with van der Waals surface area (Å²) >= 11 is 13.6. The minimum atomic E-state index is -0.721. The Labute approximate surface area is 194 Å². The molecule has 1 aromatic rings. The Balaban J connectivity index is 2.25. The second-order valence-corrected chi connectivity index (χ2v) is 8.51. The fourth-order valence-corrected chi connectivity index (χ4v) is 4.04. The molecule has 1 aromatic carbocycles. The van der Waals surface area contributed by atoms with Crippen LogP contribution in [0.1, 0.15) is 11.5 Å². The predicted molar refractivity (Wildman–Crippen MR) is 122 cm³/mol. The van der Waals surface area contributed by atoms with E-state index in [-0.39, 0.29) is 28.5 Å². The number of nitrogens with zero attached hydrogens (tertiary/aromatic N) is 6. The van der Waals surface area contributed by atoms with Gasteiger partial charge in [0, 0.05) is 28.2 Å². The van der Waals surface area contributed by atoms with Crippen molar-refractivity contribution in [3.05, 3.63) is 45.0 Å². The molecule has 31 heavy (non-hydrogen) atoms. The van der Waals surface area contributed by atoms with Crippen LogP contribution in [0.5, 0.6) is 11.5 Å². The molecule has 8 nitrogen and oxygen atoms in total. The van der Waals surface area contributed by atoms with Gasteiger partial charge in [0.15, 0.2) is 22.1 Å². The Bertz CT molecular complexity index is 1050. The fraction of sp³-hybridized carbons (Fsp3) is 0.300. The maximum absolute atomic E-state index is 10.0. The van der Waals surface area contributed by atoms with Crippen molar-refractivity contribution in [3.63, 3.8) is 0 Å². The summed E-state index contributed by atoms with van der Waals surface area (Å²) < 4.78 is 10.9. The van der Waals surface area contributed by atoms with Gasteiger partial charge in [-0.05, 0) is 52.7 Å². The molecule has 0 aliphatic carbocycles. The summed E-state index contributed by atoms with van der Waals surface area (Å²) in [4.78, 5) is 12.0. The number of amidine groups is 2. The number of allylic oxidation sites excluding steroid dienone is 2. The largest absolute Gasteiger partial charge is 0.454 e. The highest BCUT2D eigenvalue weighted by Crippen LogP contribution is 2.49. The number of nitriles is 2. The SMILES string of the molecule is CN(C)C(Cl)=NC1=C(C#N)C(c2ccc3c(c2)OCO3)C(C#N)=C(N=C(Cl)N(C)C)S1. The Morgan fingerprint density at radius 1 is 0.968 bits per heavy atom. The van der Waals surface area contributed by atoms with E-state index in [1.54, 1.807) is 56.2 Å². The number of ether oxygens (including phenoxy) is 2. The molecule has 0 saturated heterocycles. The van der Waals surface area contributed by atoms with Gasteiger partial charge in [0.1, 0.15) is 10.1 Å². The molecule has 2 heterocycles. The summed E-state index contributed by atoms with van der Waals surface area (Å²) in [6.07, 6.45) is 0. The van der Waals surface area contributed by atoms with Crippen molar-refractivity contribution in [1.82, 2.24) is 9.80 Å². The summed E-state index contributed by atoms with van der Waals surface area (Å²) in [6, 6.07) is 9.68. The third kappa shape index (κ3) is 4.75. The van der Waals surface area contributed by atoms with E-state index < -0.39 is 5.92 Å². The quantitative estimate of drug-likeness (QED) is 0.368. The van der Waals surface area contributed by atoms with Gasteiger partial charge in [0.25, 0.3) is 0 Å². The van der Waals surface area contributed by atoms with Crippen molar-refractivity contribution in [3.8, 4) is 23.6 Å². The van der Waals surface area contributed by atoms with Gasteiger partial charge in [-0.1, -0.05) is 6.07 Å². The minimum Gasteiger partial charge on any atom is -0.454 e. The first-order chi connectivity index (χ1) is 14.8. The maximum atomic E-state index is 10.0. The highest BCUT2D eigenvalue weighted by Gasteiger charge is 2.34. The lowest BCUT2D eigenvalue weighted by Gasteiger charge is -2.25. The zero-order valence-electron chi connectivity index (χ0n) is 17.2. The van der Waals surface area contributed by atoms with Gasteiger partial charge in [0.05, 0.1) is 29.2 Å². The first-order valence-corrected chi connectivity index (χ1v) is 10.5. The summed E-state index contributed by atoms with van der Waals surface area (Å²) in [5.74, 6) is 0.418. The number of thioether (sulfide) groups is 1. The lowest BCUT2D eigenvalue weighted by atomic mass is 9.85. The van der Waals surface area contributed by atoms with Gasteiger partial charge < -0.3 is 19.3 Å². The van der Waals surface area contributed by atoms with Crippen LogP contribution in [0, 0.1) is 22.7 Å². The van der Waals surface area contributed by atoms with E-state index in [1.165, 1.54) is 0 Å². The molecule has 3 rings (SSSR count). The zero-order chi connectivity index (χ0) is 22.7. The van der Waals surface area contributed by atoms with Crippen LogP contribution in [-0.4, -0.2) is 55.4 Å². The molecule has 0 radical (unpaired) electrons. The average Bonchev–Trinajstić information content (AvgIpc) is 3.20. The predicted octanol–water partition coefficient (Wildman–Crippen LogP) is 4.03. The smallest absolute Gasteiger partial charge is 0.231 e. The van der Waals surface area contributed by atoms with Crippen molar-refractivity contribution in [2.75, 3.05) is 35.0 Å². The minimum absolute atomic E-state index is 0.114. The van der Waals surface area contributed by atoms with Crippen LogP contribution in [0.2, 0.25) is 0 Å². The van der Waals surface area contributed by atoms with Crippen molar-refractivity contribution in [2.45, 2.75) is 5.92 Å². The topological polar surface area (TPSA) is 97.2 Å². The Morgan fingerprint density at radius 2 is 1.48 bits per heavy atom. The molecule has 11 heteroatoms. The Hall–Kier alpha value is -2.85. The number of fused-ring (bicyclic) bond motifs is 1. The maximum Gasteiger partial charge on any atom is 0.231 e. The van der Waals surface area contributed by atoms with Crippen molar-refractivity contribution < 1.29 is 9.47 Å². The summed E-state index contributed by atoms with van der Waals surface area (Å²) in [7, 11) is 6.94. The molecule has 0 amide bonds. The number of rotatable bonds is 3. The van der Waals surface area contributed by atoms with Gasteiger partial charge >= 0.3 is 0 Å². The van der Waals surface area contributed by atoms with Crippen LogP contribution in [-0.2, 0) is 0 Å². The van der Waals surface area contributed by atoms with Gasteiger partial charge in [-0.2, -0.15) is 10.5 Å². The number of halogens is 2. The van der Waals surface area contributed by atoms with E-state index in [2.05, 4.69) is 22.1 Å². The first-order valence-electron chi connectivity index (χ1n) is 8.95. The van der Waals surface area contributed by atoms with E-state index >= 15 is 0 Å². The third-order valence-corrected chi connectivity index (χ3v) is 6.18. The van der Waals surface area contributed by atoms with Crippen LogP contribution >= 0.6 is 35.0 Å². The third-order valence-electron chi connectivity index (χ3n) is 4.33. The molecule has 0 atom stereocenters. The summed E-state index contributed by atoms with van der Waals surface area (Å²) in [6.45, 7) is 0.114. The molecule has 2 aliphatic rings. The van der Waals surface area contributed by atoms with Crippen LogP contribution in [0.4, 0.5) is 0 Å². The molecule has 0 N–H and O–H groups in total. The molecule has 2 aliphatic heterocycles. The number of aliphatic imine (C=N–C) groups is 2. The normalized spacial score (nSPS) is 18.6. The molecular weight excluding hydrogens is 459 g/mol. The zero-order valence-corrected chi connectivity index (χ0v) is 19.5. The summed E-state index contributed by atoms with van der Waals surface area (Å²) in [5, 5.41) is 21.0. The molecular formula is C20H18Cl2N6O2S. The van der Waals surface area contributed by atoms with Crippen LogP contribution < -0.4 is 9.47 Å². The van der Waals surface area contributed by atoms with E-state index in [4.69, 9.17) is 32.7 Å². The van der Waals surface area contributed by atoms with Crippen LogP contribution in [0.15, 0.2) is 49.4 Å². The summed E-state index contributed by atoms with van der Waals surface area (Å²) in [5.41, 5.74) is 1.22. The van der Waals surface area contributed by atoms with E-state index in [0.29, 0.717) is 27.1 Å². The molecule has 0 bridgehead atoms. The van der Waals surface area contributed by atoms with Crippen molar-refractivity contribution in [2.24, 2.45) is 9.98 Å². The second kappa shape index (κ2) is 9.52. The Morgan fingerprint density at radius 3 is 1.97 bits per heavy atom. The van der Waals surface area contributed by atoms with Crippen molar-refractivity contribution >= 4 is 45.6 Å². The van der Waals surface area contributed by atoms with Gasteiger partial charge in [-0.3, -0.25) is 0 Å². The lowest BCUT2D eigenvalue weighted by molar-refractivity contribution is 0.174. The van der Waals surface area contributed by atoms with Crippen molar-refractivity contribution in [1.29, 1.82) is 10.5 Å². The van der Waals surface area contributed by atoms with Gasteiger partial charge in [-0.15, -0.1) is 0 Å². The Kier molecular flexibility index (Phi) is 7.01. The van der Waals surface area contributed by atoms with Crippen LogP contribution in [0.25, 0.3) is 0 Å². The molecule has 0 aromatic heterocycles. The monoisotopic (exact) mass is 476 g/mol. The van der Waals surface area contributed by atoms with E-state index in [9.17, 15) is 10.5 Å². The number of hydrogen-bond donors (Lipinski definition) is 0. The molecule has 0 fully saturated rings. The van der Waals surface area contributed by atoms with E-state index in [0.717, 1.165) is 11.8 Å². The van der Waals surface area contributed by atoms with Gasteiger partial charge in [-0.25, -0.2) is 9.98 Å². The molecule has 0 spiro atoms. The molecule has 160 valence electrons. The highest BCUT2D eigenvalue weighted by atomic mass is 35.5. The van der Waals surface area contributed by atoms with Crippen LogP contribution in [0.3, 0.4) is 0 Å². The molecule has 0 saturated carbocycles.